The van der Waals surface area contributed by atoms with Crippen LogP contribution in [0, 0.1) is 0 Å². The van der Waals surface area contributed by atoms with Crippen LogP contribution in [0.1, 0.15) is 48.6 Å². The summed E-state index contributed by atoms with van der Waals surface area (Å²) in [4.78, 5) is 25.0. The van der Waals surface area contributed by atoms with Crippen LogP contribution in [-0.4, -0.2) is 61.1 Å². The van der Waals surface area contributed by atoms with Crippen molar-refractivity contribution in [3.63, 3.8) is 0 Å². The van der Waals surface area contributed by atoms with E-state index in [9.17, 15) is 9.90 Å². The standard InChI is InChI=1S/C45H47ClN4O7/c1-44(2,3)57-43(51)50-37(29-53-25-32-16-8-4-9-17-32)40(55-27-34-20-12-6-13-21-34)41(56-28-35-22-14-7-15-23-35)45(50,52)36-24-49(39-38(36)47-30-48-42(39)46)31-54-26-33-18-10-5-11-19-33/h4-24,30,37,40-41,52H,25-29,31H2,1-3H3/t37-,40-,41-,45?/m1/s1. The first-order valence-electron chi connectivity index (χ1n) is 18.9. The zero-order valence-corrected chi connectivity index (χ0v) is 33.0. The van der Waals surface area contributed by atoms with Crippen LogP contribution in [0.15, 0.2) is 134 Å². The number of rotatable bonds is 15. The topological polar surface area (TPSA) is 117 Å². The van der Waals surface area contributed by atoms with Crippen LogP contribution < -0.4 is 0 Å². The molecular weight excluding hydrogens is 744 g/mol. The number of hydrogen-bond donors (Lipinski definition) is 1. The molecule has 1 aliphatic heterocycles. The maximum Gasteiger partial charge on any atom is 0.413 e. The van der Waals surface area contributed by atoms with E-state index in [4.69, 9.17) is 35.3 Å². The van der Waals surface area contributed by atoms with Gasteiger partial charge in [-0.2, -0.15) is 0 Å². The highest BCUT2D eigenvalue weighted by atomic mass is 35.5. The molecule has 0 spiro atoms. The number of carbonyl (C=O) groups is 1. The Morgan fingerprint density at radius 3 is 1.79 bits per heavy atom. The van der Waals surface area contributed by atoms with Crippen molar-refractivity contribution in [3.8, 4) is 0 Å². The second-order valence-corrected chi connectivity index (χ2v) is 15.3. The quantitative estimate of drug-likeness (QED) is 0.102. The predicted molar refractivity (Wildman–Crippen MR) is 216 cm³/mol. The molecular formula is C45H47ClN4O7. The van der Waals surface area contributed by atoms with Crippen LogP contribution in [-0.2, 0) is 62.6 Å². The minimum atomic E-state index is -2.25. The Morgan fingerprint density at radius 1 is 0.737 bits per heavy atom. The van der Waals surface area contributed by atoms with E-state index in [2.05, 4.69) is 9.97 Å². The highest BCUT2D eigenvalue weighted by Crippen LogP contribution is 2.48. The Balaban J connectivity index is 1.36. The van der Waals surface area contributed by atoms with Crippen molar-refractivity contribution < 1.29 is 33.6 Å². The molecule has 1 amide bonds. The van der Waals surface area contributed by atoms with Gasteiger partial charge in [0.1, 0.15) is 41.9 Å². The van der Waals surface area contributed by atoms with Crippen molar-refractivity contribution in [1.29, 1.82) is 0 Å². The summed E-state index contributed by atoms with van der Waals surface area (Å²) in [5, 5.41) is 13.8. The number of amides is 1. The number of nitrogens with zero attached hydrogens (tertiary/aromatic N) is 4. The molecule has 12 heteroatoms. The summed E-state index contributed by atoms with van der Waals surface area (Å²) in [5.41, 5.74) is 1.44. The van der Waals surface area contributed by atoms with Crippen LogP contribution >= 0.6 is 11.6 Å². The van der Waals surface area contributed by atoms with Gasteiger partial charge >= 0.3 is 6.09 Å². The fourth-order valence-electron chi connectivity index (χ4n) is 7.11. The number of aromatic nitrogens is 3. The Labute approximate surface area is 337 Å². The van der Waals surface area contributed by atoms with E-state index in [1.807, 2.05) is 121 Å². The summed E-state index contributed by atoms with van der Waals surface area (Å²) in [6.07, 6.45) is 0.0835. The van der Waals surface area contributed by atoms with Gasteiger partial charge in [0.25, 0.3) is 0 Å². The van der Waals surface area contributed by atoms with E-state index in [1.54, 1.807) is 31.5 Å². The first-order valence-corrected chi connectivity index (χ1v) is 19.3. The smallest absolute Gasteiger partial charge is 0.413 e. The molecule has 0 radical (unpaired) electrons. The lowest BCUT2D eigenvalue weighted by atomic mass is 9.97. The second-order valence-electron chi connectivity index (χ2n) is 15.0. The molecule has 296 valence electrons. The molecule has 1 saturated heterocycles. The van der Waals surface area contributed by atoms with Crippen molar-refractivity contribution in [1.82, 2.24) is 19.4 Å². The minimum absolute atomic E-state index is 0.0321. The van der Waals surface area contributed by atoms with Crippen LogP contribution in [0.25, 0.3) is 11.0 Å². The summed E-state index contributed by atoms with van der Waals surface area (Å²) in [5.74, 6) is 0. The zero-order valence-electron chi connectivity index (χ0n) is 32.2. The number of likely N-dealkylation sites (tertiary alicyclic amines) is 1. The summed E-state index contributed by atoms with van der Waals surface area (Å²) >= 11 is 6.80. The summed E-state index contributed by atoms with van der Waals surface area (Å²) in [6.45, 7) is 6.14. The molecule has 3 heterocycles. The average molecular weight is 791 g/mol. The van der Waals surface area contributed by atoms with Gasteiger partial charge in [0.05, 0.1) is 44.6 Å². The maximum absolute atomic E-state index is 14.8. The Bertz CT molecular complexity index is 2200. The first-order chi connectivity index (χ1) is 27.6. The molecule has 11 nitrogen and oxygen atoms in total. The molecule has 57 heavy (non-hydrogen) atoms. The van der Waals surface area contributed by atoms with E-state index in [1.165, 1.54) is 11.2 Å². The minimum Gasteiger partial charge on any atom is -0.444 e. The van der Waals surface area contributed by atoms with Crippen molar-refractivity contribution in [2.45, 2.75) is 83.5 Å². The summed E-state index contributed by atoms with van der Waals surface area (Å²) in [6, 6.07) is 37.9. The number of ether oxygens (including phenoxy) is 5. The summed E-state index contributed by atoms with van der Waals surface area (Å²) < 4.78 is 33.9. The number of carbonyl (C=O) groups excluding carboxylic acids is 1. The number of fused-ring (bicyclic) bond motifs is 1. The molecule has 4 atom stereocenters. The SMILES string of the molecule is CC(C)(C)OC(=O)N1[C@H](COCc2ccccc2)[C@@H](OCc2ccccc2)[C@@H](OCc2ccccc2)C1(O)c1cn(COCc2ccccc2)c2c(Cl)ncnc12. The largest absolute Gasteiger partial charge is 0.444 e. The van der Waals surface area contributed by atoms with E-state index < -0.39 is 35.7 Å². The van der Waals surface area contributed by atoms with E-state index >= 15 is 0 Å². The van der Waals surface area contributed by atoms with E-state index in [0.29, 0.717) is 17.6 Å². The van der Waals surface area contributed by atoms with Crippen LogP contribution in [0.3, 0.4) is 0 Å². The van der Waals surface area contributed by atoms with Crippen molar-refractivity contribution in [2.24, 2.45) is 0 Å². The van der Waals surface area contributed by atoms with Gasteiger partial charge in [-0.05, 0) is 43.0 Å². The van der Waals surface area contributed by atoms with Gasteiger partial charge in [-0.3, -0.25) is 4.90 Å². The predicted octanol–water partition coefficient (Wildman–Crippen LogP) is 8.41. The molecule has 1 unspecified atom stereocenters. The molecule has 7 rings (SSSR count). The highest BCUT2D eigenvalue weighted by Gasteiger charge is 2.65. The molecule has 0 bridgehead atoms. The molecule has 4 aromatic carbocycles. The van der Waals surface area contributed by atoms with Crippen LogP contribution in [0.4, 0.5) is 4.79 Å². The number of benzene rings is 4. The normalized spacial score (nSPS) is 19.6. The number of hydrogen-bond acceptors (Lipinski definition) is 9. The first kappa shape index (κ1) is 40.1. The van der Waals surface area contributed by atoms with Gasteiger partial charge in [-0.1, -0.05) is 133 Å². The van der Waals surface area contributed by atoms with Crippen molar-refractivity contribution >= 4 is 28.7 Å². The summed E-state index contributed by atoms with van der Waals surface area (Å²) in [7, 11) is 0. The molecule has 1 aliphatic rings. The van der Waals surface area contributed by atoms with Gasteiger partial charge in [-0.15, -0.1) is 0 Å². The lowest BCUT2D eigenvalue weighted by molar-refractivity contribution is -0.183. The van der Waals surface area contributed by atoms with Crippen molar-refractivity contribution in [2.75, 3.05) is 6.61 Å². The lowest BCUT2D eigenvalue weighted by Crippen LogP contribution is -2.55. The average Bonchev–Trinajstić information content (AvgIpc) is 3.70. The monoisotopic (exact) mass is 790 g/mol. The highest BCUT2D eigenvalue weighted by molar-refractivity contribution is 6.33. The third kappa shape index (κ3) is 9.37. The van der Waals surface area contributed by atoms with Gasteiger partial charge in [0.2, 0.25) is 5.72 Å². The number of aliphatic hydroxyl groups is 1. The Kier molecular flexibility index (Phi) is 12.6. The van der Waals surface area contributed by atoms with E-state index in [0.717, 1.165) is 22.3 Å². The van der Waals surface area contributed by atoms with Gasteiger partial charge in [0, 0.05) is 6.20 Å². The Hall–Kier alpha value is -5.14. The molecule has 0 saturated carbocycles. The third-order valence-corrected chi connectivity index (χ3v) is 9.94. The zero-order chi connectivity index (χ0) is 39.8. The fourth-order valence-corrected chi connectivity index (χ4v) is 7.35. The van der Waals surface area contributed by atoms with Gasteiger partial charge in [0.15, 0.2) is 5.15 Å². The molecule has 0 aliphatic carbocycles. The molecule has 1 fully saturated rings. The second kappa shape index (κ2) is 18.0. The molecule has 6 aromatic rings. The van der Waals surface area contributed by atoms with Crippen LogP contribution in [0.5, 0.6) is 0 Å². The fraction of sp³-hybridized carbons (Fsp3) is 0.311. The maximum atomic E-state index is 14.8. The number of halogens is 1. The van der Waals surface area contributed by atoms with Crippen molar-refractivity contribution in [3.05, 3.63) is 167 Å². The molecule has 1 N–H and O–H groups in total. The van der Waals surface area contributed by atoms with Crippen LogP contribution in [0.2, 0.25) is 5.15 Å². The van der Waals surface area contributed by atoms with E-state index in [-0.39, 0.29) is 43.9 Å². The third-order valence-electron chi connectivity index (χ3n) is 9.66. The Morgan fingerprint density at radius 2 is 1.25 bits per heavy atom. The lowest BCUT2D eigenvalue weighted by Gasteiger charge is -2.39. The van der Waals surface area contributed by atoms with Gasteiger partial charge in [-0.25, -0.2) is 14.8 Å². The molecule has 2 aromatic heterocycles. The van der Waals surface area contributed by atoms with Gasteiger partial charge < -0.3 is 33.4 Å².